The van der Waals surface area contributed by atoms with Gasteiger partial charge in [-0.15, -0.1) is 0 Å². The van der Waals surface area contributed by atoms with Gasteiger partial charge >= 0.3 is 0 Å². The van der Waals surface area contributed by atoms with Gasteiger partial charge in [0.05, 0.1) is 6.04 Å². The standard InChI is InChI=1S/C17H26N2O/c1-3-4-5-8-13(2)19-17(20)16-11-14-9-6-7-10-15(14)12-18-16/h6-7,9-10,13,16,18H,3-5,8,11-12H2,1-2H3,(H,19,20)/t13?,16-/m0/s1. The van der Waals surface area contributed by atoms with Gasteiger partial charge in [0.25, 0.3) is 0 Å². The molecule has 1 amide bonds. The summed E-state index contributed by atoms with van der Waals surface area (Å²) >= 11 is 0. The van der Waals surface area contributed by atoms with Crippen molar-refractivity contribution < 1.29 is 4.79 Å². The molecule has 1 aliphatic rings. The second-order valence-corrected chi connectivity index (χ2v) is 5.81. The van der Waals surface area contributed by atoms with Gasteiger partial charge in [-0.2, -0.15) is 0 Å². The first-order valence-electron chi connectivity index (χ1n) is 7.81. The van der Waals surface area contributed by atoms with E-state index in [1.165, 1.54) is 30.4 Å². The van der Waals surface area contributed by atoms with E-state index >= 15 is 0 Å². The molecule has 0 spiro atoms. The van der Waals surface area contributed by atoms with Crippen LogP contribution in [0.25, 0.3) is 0 Å². The van der Waals surface area contributed by atoms with Crippen LogP contribution in [0.5, 0.6) is 0 Å². The van der Waals surface area contributed by atoms with Gasteiger partial charge in [-0.05, 0) is 30.9 Å². The van der Waals surface area contributed by atoms with Crippen LogP contribution in [0.3, 0.4) is 0 Å². The first-order valence-corrected chi connectivity index (χ1v) is 7.81. The van der Waals surface area contributed by atoms with Crippen LogP contribution in [0, 0.1) is 0 Å². The summed E-state index contributed by atoms with van der Waals surface area (Å²) in [6.07, 6.45) is 5.53. The first-order chi connectivity index (χ1) is 9.70. The molecule has 110 valence electrons. The molecule has 0 saturated carbocycles. The minimum absolute atomic E-state index is 0.0847. The lowest BCUT2D eigenvalue weighted by Crippen LogP contribution is -2.49. The number of nitrogens with one attached hydrogen (secondary N) is 2. The maximum absolute atomic E-state index is 12.3. The third-order valence-corrected chi connectivity index (χ3v) is 4.03. The summed E-state index contributed by atoms with van der Waals surface area (Å²) < 4.78 is 0. The summed E-state index contributed by atoms with van der Waals surface area (Å²) in [6.45, 7) is 5.09. The Balaban J connectivity index is 1.82. The van der Waals surface area contributed by atoms with Crippen molar-refractivity contribution in [3.63, 3.8) is 0 Å². The van der Waals surface area contributed by atoms with Crippen LogP contribution in [0.15, 0.2) is 24.3 Å². The third kappa shape index (κ3) is 4.07. The summed E-state index contributed by atoms with van der Waals surface area (Å²) in [7, 11) is 0. The predicted octanol–water partition coefficient (Wildman–Crippen LogP) is 2.79. The highest BCUT2D eigenvalue weighted by Gasteiger charge is 2.24. The first kappa shape index (κ1) is 15.0. The van der Waals surface area contributed by atoms with E-state index < -0.39 is 0 Å². The van der Waals surface area contributed by atoms with Gasteiger partial charge in [0.15, 0.2) is 0 Å². The number of amides is 1. The van der Waals surface area contributed by atoms with Crippen molar-refractivity contribution in [2.24, 2.45) is 0 Å². The molecule has 3 nitrogen and oxygen atoms in total. The van der Waals surface area contributed by atoms with Gasteiger partial charge in [0, 0.05) is 12.6 Å². The number of rotatable bonds is 6. The van der Waals surface area contributed by atoms with E-state index in [0.29, 0.717) is 0 Å². The van der Waals surface area contributed by atoms with Crippen molar-refractivity contribution in [1.29, 1.82) is 0 Å². The number of unbranched alkanes of at least 4 members (excludes halogenated alkanes) is 2. The number of carbonyl (C=O) groups excluding carboxylic acids is 1. The van der Waals surface area contributed by atoms with E-state index in [4.69, 9.17) is 0 Å². The fourth-order valence-electron chi connectivity index (χ4n) is 2.76. The Bertz CT molecular complexity index is 444. The normalized spacial score (nSPS) is 19.2. The molecule has 1 aromatic rings. The molecule has 2 atom stereocenters. The van der Waals surface area contributed by atoms with Crippen molar-refractivity contribution in [1.82, 2.24) is 10.6 Å². The quantitative estimate of drug-likeness (QED) is 0.783. The fraction of sp³-hybridized carbons (Fsp3) is 0.588. The highest BCUT2D eigenvalue weighted by atomic mass is 16.2. The van der Waals surface area contributed by atoms with E-state index in [1.54, 1.807) is 0 Å². The molecule has 0 aromatic heterocycles. The molecule has 0 fully saturated rings. The van der Waals surface area contributed by atoms with Gasteiger partial charge in [0.2, 0.25) is 5.91 Å². The highest BCUT2D eigenvalue weighted by Crippen LogP contribution is 2.16. The summed E-state index contributed by atoms with van der Waals surface area (Å²) in [6, 6.07) is 8.54. The number of hydrogen-bond acceptors (Lipinski definition) is 2. The minimum atomic E-state index is -0.0847. The van der Waals surface area contributed by atoms with Crippen LogP contribution in [0.1, 0.15) is 50.7 Å². The molecule has 20 heavy (non-hydrogen) atoms. The lowest BCUT2D eigenvalue weighted by Gasteiger charge is -2.26. The Hall–Kier alpha value is -1.35. The Kier molecular flexibility index (Phi) is 5.60. The smallest absolute Gasteiger partial charge is 0.237 e. The molecule has 0 radical (unpaired) electrons. The van der Waals surface area contributed by atoms with E-state index in [2.05, 4.69) is 42.7 Å². The molecule has 1 aromatic carbocycles. The van der Waals surface area contributed by atoms with Gasteiger partial charge < -0.3 is 10.6 Å². The monoisotopic (exact) mass is 274 g/mol. The maximum Gasteiger partial charge on any atom is 0.237 e. The molecule has 1 unspecified atom stereocenters. The Labute approximate surface area is 122 Å². The molecular weight excluding hydrogens is 248 g/mol. The Morgan fingerprint density at radius 1 is 1.35 bits per heavy atom. The van der Waals surface area contributed by atoms with Crippen LogP contribution >= 0.6 is 0 Å². The molecule has 2 N–H and O–H groups in total. The fourth-order valence-corrected chi connectivity index (χ4v) is 2.76. The zero-order valence-corrected chi connectivity index (χ0v) is 12.6. The summed E-state index contributed by atoms with van der Waals surface area (Å²) in [5.74, 6) is 0.142. The molecule has 0 saturated heterocycles. The number of carbonyl (C=O) groups is 1. The van der Waals surface area contributed by atoms with Crippen molar-refractivity contribution in [2.45, 2.75) is 64.6 Å². The van der Waals surface area contributed by atoms with Gasteiger partial charge in [-0.3, -0.25) is 4.79 Å². The summed E-state index contributed by atoms with van der Waals surface area (Å²) in [5.41, 5.74) is 2.61. The van der Waals surface area contributed by atoms with Crippen LogP contribution in [-0.4, -0.2) is 18.0 Å². The van der Waals surface area contributed by atoms with E-state index in [0.717, 1.165) is 19.4 Å². The Morgan fingerprint density at radius 3 is 2.85 bits per heavy atom. The van der Waals surface area contributed by atoms with Gasteiger partial charge in [-0.25, -0.2) is 0 Å². The second-order valence-electron chi connectivity index (χ2n) is 5.81. The van der Waals surface area contributed by atoms with Crippen molar-refractivity contribution in [3.05, 3.63) is 35.4 Å². The number of benzene rings is 1. The van der Waals surface area contributed by atoms with Crippen LogP contribution in [0.2, 0.25) is 0 Å². The zero-order valence-electron chi connectivity index (χ0n) is 12.6. The van der Waals surface area contributed by atoms with Gasteiger partial charge in [0.1, 0.15) is 0 Å². The van der Waals surface area contributed by atoms with Crippen molar-refractivity contribution in [2.75, 3.05) is 0 Å². The highest BCUT2D eigenvalue weighted by molar-refractivity contribution is 5.82. The molecule has 0 aliphatic carbocycles. The number of fused-ring (bicyclic) bond motifs is 1. The van der Waals surface area contributed by atoms with Gasteiger partial charge in [-0.1, -0.05) is 50.5 Å². The molecule has 3 heteroatoms. The van der Waals surface area contributed by atoms with Crippen LogP contribution < -0.4 is 10.6 Å². The lowest BCUT2D eigenvalue weighted by molar-refractivity contribution is -0.124. The summed E-state index contributed by atoms with van der Waals surface area (Å²) in [5, 5.41) is 6.47. The molecule has 2 rings (SSSR count). The minimum Gasteiger partial charge on any atom is -0.352 e. The van der Waals surface area contributed by atoms with Crippen molar-refractivity contribution in [3.8, 4) is 0 Å². The second kappa shape index (κ2) is 7.44. The van der Waals surface area contributed by atoms with E-state index in [-0.39, 0.29) is 18.0 Å². The maximum atomic E-state index is 12.3. The molecule has 1 heterocycles. The average Bonchev–Trinajstić information content (AvgIpc) is 2.47. The Morgan fingerprint density at radius 2 is 2.10 bits per heavy atom. The topological polar surface area (TPSA) is 41.1 Å². The lowest BCUT2D eigenvalue weighted by atomic mass is 9.95. The van der Waals surface area contributed by atoms with Crippen LogP contribution in [0.4, 0.5) is 0 Å². The SMILES string of the molecule is CCCCCC(C)NC(=O)[C@@H]1Cc2ccccc2CN1. The molecular formula is C17H26N2O. The summed E-state index contributed by atoms with van der Waals surface area (Å²) in [4.78, 5) is 12.3. The largest absolute Gasteiger partial charge is 0.352 e. The van der Waals surface area contributed by atoms with Crippen LogP contribution in [-0.2, 0) is 17.8 Å². The molecule has 1 aliphatic heterocycles. The van der Waals surface area contributed by atoms with E-state index in [1.807, 2.05) is 6.07 Å². The molecule has 0 bridgehead atoms. The van der Waals surface area contributed by atoms with Crippen molar-refractivity contribution >= 4 is 5.91 Å². The third-order valence-electron chi connectivity index (χ3n) is 4.03. The average molecular weight is 274 g/mol. The number of hydrogen-bond donors (Lipinski definition) is 2. The van der Waals surface area contributed by atoms with E-state index in [9.17, 15) is 4.79 Å². The zero-order chi connectivity index (χ0) is 14.4. The predicted molar refractivity (Wildman–Crippen MR) is 82.5 cm³/mol.